The van der Waals surface area contributed by atoms with E-state index in [9.17, 15) is 18.0 Å². The molecule has 0 spiro atoms. The molecule has 2 amide bonds. The molecule has 1 aliphatic rings. The lowest BCUT2D eigenvalue weighted by atomic mass is 10.2. The topological polar surface area (TPSA) is 118 Å². The van der Waals surface area contributed by atoms with Gasteiger partial charge in [0, 0.05) is 35.5 Å². The quantitative estimate of drug-likeness (QED) is 0.447. The standard InChI is InChI=1S/C22H17N3O5S2/c1-13(2)25-32(28,29)18-7-4-14(5-8-18)3-6-15-11-23-12-16-9-17(30-20(15)16)10-19-21(26)24-22(27)31-19/h4-5,7-13,25H,1-2H3,(H,24,26,27)/b19-10-. The number of thioether (sulfide) groups is 1. The van der Waals surface area contributed by atoms with Crippen molar-refractivity contribution in [3.05, 3.63) is 64.5 Å². The molecule has 162 valence electrons. The number of carbonyl (C=O) groups is 2. The van der Waals surface area contributed by atoms with Crippen LogP contribution in [0.1, 0.15) is 30.7 Å². The largest absolute Gasteiger partial charge is 0.455 e. The van der Waals surface area contributed by atoms with Crippen LogP contribution in [0.3, 0.4) is 0 Å². The first-order valence-corrected chi connectivity index (χ1v) is 11.8. The smallest absolute Gasteiger partial charge is 0.290 e. The Labute approximate surface area is 188 Å². The van der Waals surface area contributed by atoms with E-state index in [1.807, 2.05) is 0 Å². The number of pyridine rings is 1. The summed E-state index contributed by atoms with van der Waals surface area (Å²) < 4.78 is 32.8. The fraction of sp³-hybridized carbons (Fsp3) is 0.136. The van der Waals surface area contributed by atoms with Crippen molar-refractivity contribution in [3.8, 4) is 11.8 Å². The summed E-state index contributed by atoms with van der Waals surface area (Å²) in [6, 6.07) is 7.75. The van der Waals surface area contributed by atoms with E-state index in [2.05, 4.69) is 26.9 Å². The summed E-state index contributed by atoms with van der Waals surface area (Å²) in [5.74, 6) is 5.89. The Morgan fingerprint density at radius 3 is 2.56 bits per heavy atom. The maximum absolute atomic E-state index is 12.2. The first-order valence-electron chi connectivity index (χ1n) is 9.48. The zero-order valence-electron chi connectivity index (χ0n) is 17.0. The molecule has 8 nitrogen and oxygen atoms in total. The second-order valence-corrected chi connectivity index (χ2v) is 9.89. The van der Waals surface area contributed by atoms with E-state index >= 15 is 0 Å². The van der Waals surface area contributed by atoms with E-state index in [-0.39, 0.29) is 15.8 Å². The number of sulfonamides is 1. The summed E-state index contributed by atoms with van der Waals surface area (Å²) in [6.07, 6.45) is 4.66. The second-order valence-electron chi connectivity index (χ2n) is 7.16. The van der Waals surface area contributed by atoms with Gasteiger partial charge in [0.25, 0.3) is 11.1 Å². The average molecular weight is 468 g/mol. The summed E-state index contributed by atoms with van der Waals surface area (Å²) in [5.41, 5.74) is 1.65. The Balaban J connectivity index is 1.61. The van der Waals surface area contributed by atoms with Crippen LogP contribution in [0.4, 0.5) is 4.79 Å². The van der Waals surface area contributed by atoms with Crippen molar-refractivity contribution in [3.63, 3.8) is 0 Å². The lowest BCUT2D eigenvalue weighted by Gasteiger charge is -2.09. The Bertz CT molecular complexity index is 1430. The van der Waals surface area contributed by atoms with Crippen LogP contribution < -0.4 is 10.0 Å². The molecule has 1 saturated heterocycles. The molecule has 0 aliphatic carbocycles. The molecule has 3 heterocycles. The van der Waals surface area contributed by atoms with Crippen LogP contribution in [0.15, 0.2) is 56.9 Å². The molecule has 0 radical (unpaired) electrons. The Hall–Kier alpha value is -3.39. The van der Waals surface area contributed by atoms with E-state index in [1.165, 1.54) is 18.2 Å². The highest BCUT2D eigenvalue weighted by Crippen LogP contribution is 2.28. The summed E-state index contributed by atoms with van der Waals surface area (Å²) in [7, 11) is -3.57. The van der Waals surface area contributed by atoms with Gasteiger partial charge in [-0.3, -0.25) is 19.9 Å². The molecule has 0 atom stereocenters. The molecule has 2 N–H and O–H groups in total. The van der Waals surface area contributed by atoms with E-state index in [0.717, 1.165) is 11.8 Å². The minimum Gasteiger partial charge on any atom is -0.455 e. The molecule has 4 rings (SSSR count). The minimum atomic E-state index is -3.57. The molecule has 0 saturated carbocycles. The number of aromatic nitrogens is 1. The molecular formula is C22H17N3O5S2. The van der Waals surface area contributed by atoms with E-state index in [0.29, 0.717) is 27.9 Å². The first-order chi connectivity index (χ1) is 15.2. The monoisotopic (exact) mass is 467 g/mol. The predicted octanol–water partition coefficient (Wildman–Crippen LogP) is 3.24. The van der Waals surface area contributed by atoms with Crippen LogP contribution in [0, 0.1) is 11.8 Å². The molecule has 0 bridgehead atoms. The highest BCUT2D eigenvalue weighted by Gasteiger charge is 2.25. The number of carbonyl (C=O) groups excluding carboxylic acids is 2. The Morgan fingerprint density at radius 1 is 1.16 bits per heavy atom. The summed E-state index contributed by atoms with van der Waals surface area (Å²) >= 11 is 0.807. The number of furan rings is 1. The Morgan fingerprint density at radius 2 is 1.91 bits per heavy atom. The summed E-state index contributed by atoms with van der Waals surface area (Å²) in [5, 5.41) is 2.46. The molecule has 10 heteroatoms. The number of hydrogen-bond acceptors (Lipinski definition) is 7. The third-order valence-electron chi connectivity index (χ3n) is 4.25. The first kappa shape index (κ1) is 21.8. The predicted molar refractivity (Wildman–Crippen MR) is 121 cm³/mol. The van der Waals surface area contributed by atoms with E-state index in [1.54, 1.807) is 44.4 Å². The highest BCUT2D eigenvalue weighted by molar-refractivity contribution is 8.18. The van der Waals surface area contributed by atoms with Crippen LogP contribution in [-0.2, 0) is 14.8 Å². The van der Waals surface area contributed by atoms with Crippen LogP contribution in [0.2, 0.25) is 0 Å². The fourth-order valence-electron chi connectivity index (χ4n) is 2.93. The van der Waals surface area contributed by atoms with Crippen LogP contribution in [0.25, 0.3) is 17.0 Å². The molecule has 1 aliphatic heterocycles. The molecule has 1 aromatic carbocycles. The zero-order valence-corrected chi connectivity index (χ0v) is 18.6. The van der Waals surface area contributed by atoms with Gasteiger partial charge in [-0.1, -0.05) is 11.8 Å². The Kier molecular flexibility index (Phi) is 5.88. The van der Waals surface area contributed by atoms with Crippen molar-refractivity contribution in [2.45, 2.75) is 24.8 Å². The van der Waals surface area contributed by atoms with Gasteiger partial charge in [0.1, 0.15) is 5.76 Å². The number of benzene rings is 1. The highest BCUT2D eigenvalue weighted by atomic mass is 32.2. The summed E-state index contributed by atoms with van der Waals surface area (Å²) in [6.45, 7) is 3.51. The second kappa shape index (κ2) is 8.63. The molecule has 3 aromatic rings. The van der Waals surface area contributed by atoms with Gasteiger partial charge in [0.2, 0.25) is 10.0 Å². The van der Waals surface area contributed by atoms with Crippen molar-refractivity contribution in [2.75, 3.05) is 0 Å². The van der Waals surface area contributed by atoms with E-state index in [4.69, 9.17) is 4.42 Å². The zero-order chi connectivity index (χ0) is 22.9. The van der Waals surface area contributed by atoms with Gasteiger partial charge < -0.3 is 4.42 Å². The maximum Gasteiger partial charge on any atom is 0.290 e. The number of imide groups is 1. The van der Waals surface area contributed by atoms with Gasteiger partial charge in [-0.25, -0.2) is 13.1 Å². The van der Waals surface area contributed by atoms with Gasteiger partial charge in [0.15, 0.2) is 5.58 Å². The van der Waals surface area contributed by atoms with Crippen LogP contribution in [0.5, 0.6) is 0 Å². The molecule has 2 aromatic heterocycles. The number of nitrogens with one attached hydrogen (secondary N) is 2. The molecular weight excluding hydrogens is 450 g/mol. The third-order valence-corrected chi connectivity index (χ3v) is 6.74. The van der Waals surface area contributed by atoms with Crippen molar-refractivity contribution in [2.24, 2.45) is 0 Å². The average Bonchev–Trinajstić information content (AvgIpc) is 3.28. The molecule has 1 fully saturated rings. The number of nitrogens with zero attached hydrogens (tertiary/aromatic N) is 1. The minimum absolute atomic E-state index is 0.163. The lowest BCUT2D eigenvalue weighted by Crippen LogP contribution is -2.30. The number of rotatable bonds is 4. The van der Waals surface area contributed by atoms with Gasteiger partial charge in [-0.05, 0) is 55.9 Å². The molecule has 0 unspecified atom stereocenters. The molecule has 32 heavy (non-hydrogen) atoms. The van der Waals surface area contributed by atoms with Crippen molar-refractivity contribution >= 4 is 50.0 Å². The van der Waals surface area contributed by atoms with Crippen molar-refractivity contribution in [1.82, 2.24) is 15.0 Å². The van der Waals surface area contributed by atoms with Crippen molar-refractivity contribution < 1.29 is 22.4 Å². The third kappa shape index (κ3) is 4.75. The maximum atomic E-state index is 12.2. The van der Waals surface area contributed by atoms with Crippen LogP contribution in [-0.4, -0.2) is 30.6 Å². The number of fused-ring (bicyclic) bond motifs is 1. The van der Waals surface area contributed by atoms with Crippen LogP contribution >= 0.6 is 11.8 Å². The number of amides is 2. The number of hydrogen-bond donors (Lipinski definition) is 2. The van der Waals surface area contributed by atoms with Gasteiger partial charge in [-0.15, -0.1) is 0 Å². The SMILES string of the molecule is CC(C)NS(=O)(=O)c1ccc(C#Cc2cncc3cc(/C=C4\SC(=O)NC4=O)oc23)cc1. The lowest BCUT2D eigenvalue weighted by molar-refractivity contribution is -0.115. The van der Waals surface area contributed by atoms with Gasteiger partial charge in [0.05, 0.1) is 15.4 Å². The fourth-order valence-corrected chi connectivity index (χ4v) is 4.84. The van der Waals surface area contributed by atoms with Crippen molar-refractivity contribution in [1.29, 1.82) is 0 Å². The normalized spacial score (nSPS) is 15.3. The van der Waals surface area contributed by atoms with Gasteiger partial charge in [-0.2, -0.15) is 0 Å². The van der Waals surface area contributed by atoms with Gasteiger partial charge >= 0.3 is 0 Å². The van der Waals surface area contributed by atoms with E-state index < -0.39 is 21.2 Å². The summed E-state index contributed by atoms with van der Waals surface area (Å²) in [4.78, 5) is 27.6.